The molecule has 0 saturated carbocycles. The van der Waals surface area contributed by atoms with E-state index in [1.165, 1.54) is 0 Å². The van der Waals surface area contributed by atoms with Crippen molar-refractivity contribution in [1.82, 2.24) is 10.2 Å². The zero-order valence-corrected chi connectivity index (χ0v) is 10.7. The van der Waals surface area contributed by atoms with Crippen molar-refractivity contribution >= 4 is 17.6 Å². The number of nitrogens with zero attached hydrogens (tertiary/aromatic N) is 3. The van der Waals surface area contributed by atoms with Crippen LogP contribution < -0.4 is 4.90 Å². The van der Waals surface area contributed by atoms with Gasteiger partial charge in [0.1, 0.15) is 5.88 Å². The van der Waals surface area contributed by atoms with Crippen LogP contribution in [0.2, 0.25) is 0 Å². The Morgan fingerprint density at radius 3 is 2.75 bits per heavy atom. The third-order valence-corrected chi connectivity index (χ3v) is 2.70. The predicted octanol–water partition coefficient (Wildman–Crippen LogP) is 2.06. The van der Waals surface area contributed by atoms with E-state index in [2.05, 4.69) is 24.0 Å². The van der Waals surface area contributed by atoms with Gasteiger partial charge >= 0.3 is 6.01 Å². The molecule has 92 valence electrons. The highest BCUT2D eigenvalue weighted by atomic mass is 35.5. The zero-order chi connectivity index (χ0) is 12.0. The number of aromatic nitrogens is 2. The lowest BCUT2D eigenvalue weighted by Gasteiger charge is -2.25. The van der Waals surface area contributed by atoms with Crippen molar-refractivity contribution in [3.8, 4) is 0 Å². The Morgan fingerprint density at radius 2 is 2.25 bits per heavy atom. The van der Waals surface area contributed by atoms with Gasteiger partial charge in [-0.25, -0.2) is 0 Å². The number of hydrogen-bond donors (Lipinski definition) is 0. The molecule has 0 aliphatic rings. The summed E-state index contributed by atoms with van der Waals surface area (Å²) in [7, 11) is 1.67. The van der Waals surface area contributed by atoms with Crippen LogP contribution >= 0.6 is 11.6 Å². The van der Waals surface area contributed by atoms with E-state index in [9.17, 15) is 0 Å². The average molecular weight is 248 g/mol. The molecule has 0 radical (unpaired) electrons. The fourth-order valence-corrected chi connectivity index (χ4v) is 1.44. The van der Waals surface area contributed by atoms with Crippen molar-refractivity contribution < 1.29 is 9.15 Å². The number of anilines is 1. The summed E-state index contributed by atoms with van der Waals surface area (Å²) in [5, 5.41) is 7.83. The van der Waals surface area contributed by atoms with E-state index in [1.807, 2.05) is 4.90 Å². The van der Waals surface area contributed by atoms with E-state index in [-0.39, 0.29) is 5.88 Å². The molecule has 1 atom stereocenters. The minimum absolute atomic E-state index is 0.242. The molecule has 1 rings (SSSR count). The lowest BCUT2D eigenvalue weighted by molar-refractivity contribution is 0.201. The molecular formula is C10H18ClN3O2. The normalized spacial score (nSPS) is 12.8. The van der Waals surface area contributed by atoms with Gasteiger partial charge in [0.05, 0.1) is 6.61 Å². The second kappa shape index (κ2) is 6.70. The molecule has 0 bridgehead atoms. The van der Waals surface area contributed by atoms with E-state index in [1.54, 1.807) is 7.11 Å². The minimum Gasteiger partial charge on any atom is -0.407 e. The molecular weight excluding hydrogens is 230 g/mol. The van der Waals surface area contributed by atoms with E-state index in [0.29, 0.717) is 24.6 Å². The number of methoxy groups -OCH3 is 1. The number of ether oxygens (including phenoxy) is 1. The van der Waals surface area contributed by atoms with E-state index >= 15 is 0 Å². The lowest BCUT2D eigenvalue weighted by atomic mass is 10.2. The van der Waals surface area contributed by atoms with Crippen LogP contribution in [0.25, 0.3) is 0 Å². The summed E-state index contributed by atoms with van der Waals surface area (Å²) in [6, 6.07) is 0.848. The first-order valence-electron chi connectivity index (χ1n) is 5.36. The van der Waals surface area contributed by atoms with Gasteiger partial charge < -0.3 is 14.1 Å². The Morgan fingerprint density at radius 1 is 1.50 bits per heavy atom. The molecule has 16 heavy (non-hydrogen) atoms. The van der Waals surface area contributed by atoms with Crippen LogP contribution in [0.1, 0.15) is 26.2 Å². The first-order chi connectivity index (χ1) is 7.72. The summed E-state index contributed by atoms with van der Waals surface area (Å²) >= 11 is 5.62. The number of halogens is 1. The van der Waals surface area contributed by atoms with Crippen molar-refractivity contribution in [2.45, 2.75) is 32.2 Å². The molecule has 0 aromatic carbocycles. The summed E-state index contributed by atoms with van der Waals surface area (Å²) in [6.45, 7) is 5.59. The van der Waals surface area contributed by atoms with Gasteiger partial charge in [-0.15, -0.1) is 16.7 Å². The monoisotopic (exact) mass is 247 g/mol. The Kier molecular flexibility index (Phi) is 5.55. The maximum atomic E-state index is 5.62. The van der Waals surface area contributed by atoms with Gasteiger partial charge in [0.25, 0.3) is 0 Å². The molecule has 5 nitrogen and oxygen atoms in total. The standard InChI is InChI=1S/C10H18ClN3O2/c1-4-8(2)14(5-6-15-3)10-13-12-9(7-11)16-10/h8H,4-7H2,1-3H3. The van der Waals surface area contributed by atoms with Crippen LogP contribution in [0.4, 0.5) is 6.01 Å². The van der Waals surface area contributed by atoms with Gasteiger partial charge in [0.2, 0.25) is 5.89 Å². The first kappa shape index (κ1) is 13.3. The lowest BCUT2D eigenvalue weighted by Crippen LogP contribution is -2.35. The summed E-state index contributed by atoms with van der Waals surface area (Å²) in [6.07, 6.45) is 1.00. The maximum Gasteiger partial charge on any atom is 0.318 e. The van der Waals surface area contributed by atoms with Crippen LogP contribution in [0.3, 0.4) is 0 Å². The van der Waals surface area contributed by atoms with Crippen LogP contribution in [-0.4, -0.2) is 36.5 Å². The smallest absolute Gasteiger partial charge is 0.318 e. The number of rotatable bonds is 7. The fourth-order valence-electron chi connectivity index (χ4n) is 1.33. The molecule has 6 heteroatoms. The van der Waals surface area contributed by atoms with Crippen LogP contribution in [-0.2, 0) is 10.6 Å². The highest BCUT2D eigenvalue weighted by Gasteiger charge is 2.18. The summed E-state index contributed by atoms with van der Waals surface area (Å²) in [5.41, 5.74) is 0. The molecule has 1 unspecified atom stereocenters. The SMILES string of the molecule is CCC(C)N(CCOC)c1nnc(CCl)o1. The third kappa shape index (κ3) is 3.35. The molecule has 0 saturated heterocycles. The Bertz CT molecular complexity index is 306. The number of alkyl halides is 1. The maximum absolute atomic E-state index is 5.62. The van der Waals surface area contributed by atoms with Crippen molar-refractivity contribution in [2.24, 2.45) is 0 Å². The Hall–Kier alpha value is -0.810. The molecule has 0 N–H and O–H groups in total. The topological polar surface area (TPSA) is 51.4 Å². The van der Waals surface area contributed by atoms with Crippen molar-refractivity contribution in [2.75, 3.05) is 25.2 Å². The molecule has 0 aliphatic carbocycles. The average Bonchev–Trinajstić information content (AvgIpc) is 2.77. The zero-order valence-electron chi connectivity index (χ0n) is 9.94. The first-order valence-corrected chi connectivity index (χ1v) is 5.90. The Balaban J connectivity index is 2.74. The second-order valence-corrected chi connectivity index (χ2v) is 3.82. The van der Waals surface area contributed by atoms with E-state index in [0.717, 1.165) is 13.0 Å². The Labute approximate surface area is 101 Å². The van der Waals surface area contributed by atoms with Crippen LogP contribution in [0, 0.1) is 0 Å². The van der Waals surface area contributed by atoms with Crippen LogP contribution in [0.15, 0.2) is 4.42 Å². The molecule has 0 fully saturated rings. The summed E-state index contributed by atoms with van der Waals surface area (Å²) in [5.74, 6) is 0.688. The molecule has 0 amide bonds. The number of hydrogen-bond acceptors (Lipinski definition) is 5. The molecule has 1 aromatic rings. The van der Waals surface area contributed by atoms with Gasteiger partial charge in [-0.1, -0.05) is 12.0 Å². The molecule has 0 spiro atoms. The molecule has 1 heterocycles. The fraction of sp³-hybridized carbons (Fsp3) is 0.800. The van der Waals surface area contributed by atoms with Crippen molar-refractivity contribution in [1.29, 1.82) is 0 Å². The third-order valence-electron chi connectivity index (χ3n) is 2.48. The summed E-state index contributed by atoms with van der Waals surface area (Å²) in [4.78, 5) is 2.03. The van der Waals surface area contributed by atoms with Crippen molar-refractivity contribution in [3.63, 3.8) is 0 Å². The van der Waals surface area contributed by atoms with Crippen LogP contribution in [0.5, 0.6) is 0 Å². The van der Waals surface area contributed by atoms with Gasteiger partial charge in [-0.3, -0.25) is 0 Å². The summed E-state index contributed by atoms with van der Waals surface area (Å²) < 4.78 is 10.5. The molecule has 1 aromatic heterocycles. The quantitative estimate of drug-likeness (QED) is 0.691. The predicted molar refractivity (Wildman–Crippen MR) is 62.8 cm³/mol. The van der Waals surface area contributed by atoms with E-state index in [4.69, 9.17) is 20.8 Å². The highest BCUT2D eigenvalue weighted by Crippen LogP contribution is 2.17. The van der Waals surface area contributed by atoms with Gasteiger partial charge in [0, 0.05) is 19.7 Å². The molecule has 0 aliphatic heterocycles. The van der Waals surface area contributed by atoms with Crippen molar-refractivity contribution in [3.05, 3.63) is 5.89 Å². The van der Waals surface area contributed by atoms with Gasteiger partial charge in [-0.05, 0) is 13.3 Å². The highest BCUT2D eigenvalue weighted by molar-refractivity contribution is 6.16. The second-order valence-electron chi connectivity index (χ2n) is 3.56. The van der Waals surface area contributed by atoms with E-state index < -0.39 is 0 Å². The largest absolute Gasteiger partial charge is 0.407 e. The van der Waals surface area contributed by atoms with Gasteiger partial charge in [0.15, 0.2) is 0 Å². The van der Waals surface area contributed by atoms with Gasteiger partial charge in [-0.2, -0.15) is 0 Å². The minimum atomic E-state index is 0.242.